The van der Waals surface area contributed by atoms with Gasteiger partial charge in [0.25, 0.3) is 0 Å². The largest absolute Gasteiger partial charge is 0.313 e. The fourth-order valence-corrected chi connectivity index (χ4v) is 3.55. The molecule has 0 rings (SSSR count). The Morgan fingerprint density at radius 1 is 0.524 bits per heavy atom. The molecule has 0 bridgehead atoms. The van der Waals surface area contributed by atoms with Gasteiger partial charge in [-0.05, 0) is 25.7 Å². The van der Waals surface area contributed by atoms with Gasteiger partial charge in [-0.1, -0.05) is 85.5 Å². The second-order valence-electron chi connectivity index (χ2n) is 7.09. The van der Waals surface area contributed by atoms with E-state index in [0.717, 1.165) is 12.8 Å². The monoisotopic (exact) mass is 298 g/mol. The third kappa shape index (κ3) is 7.15. The molecule has 0 spiro atoms. The van der Waals surface area contributed by atoms with Crippen molar-refractivity contribution >= 4 is 0 Å². The van der Waals surface area contributed by atoms with Gasteiger partial charge >= 0.3 is 0 Å². The summed E-state index contributed by atoms with van der Waals surface area (Å²) < 4.78 is 0. The van der Waals surface area contributed by atoms with E-state index in [1.165, 1.54) is 70.6 Å². The maximum Gasteiger partial charge on any atom is 0.0694 e. The van der Waals surface area contributed by atoms with Crippen molar-refractivity contribution < 1.29 is 0 Å². The van der Waals surface area contributed by atoms with Gasteiger partial charge in [-0.3, -0.25) is 0 Å². The van der Waals surface area contributed by atoms with Crippen LogP contribution in [-0.2, 0) is 0 Å². The van der Waals surface area contributed by atoms with Gasteiger partial charge in [0.15, 0.2) is 0 Å². The molecule has 2 heteroatoms. The third-order valence-electron chi connectivity index (χ3n) is 5.21. The Balaban J connectivity index is 5.08. The minimum atomic E-state index is -0.485. The summed E-state index contributed by atoms with van der Waals surface area (Å²) in [4.78, 5) is 0. The van der Waals surface area contributed by atoms with Crippen LogP contribution in [0.4, 0.5) is 0 Å². The molecule has 21 heavy (non-hydrogen) atoms. The Hall–Kier alpha value is -0.0800. The van der Waals surface area contributed by atoms with Crippen molar-refractivity contribution in [2.24, 2.45) is 16.9 Å². The molecule has 0 aromatic carbocycles. The van der Waals surface area contributed by atoms with Gasteiger partial charge in [0.2, 0.25) is 0 Å². The molecule has 0 amide bonds. The predicted octanol–water partition coefficient (Wildman–Crippen LogP) is 5.74. The van der Waals surface area contributed by atoms with E-state index >= 15 is 0 Å². The second kappa shape index (κ2) is 11.5. The maximum atomic E-state index is 6.72. The van der Waals surface area contributed by atoms with E-state index in [0.29, 0.717) is 0 Å². The van der Waals surface area contributed by atoms with E-state index in [9.17, 15) is 0 Å². The molecule has 0 aromatic heterocycles. The first kappa shape index (κ1) is 20.9. The summed E-state index contributed by atoms with van der Waals surface area (Å²) in [7, 11) is 0. The first-order chi connectivity index (χ1) is 9.99. The van der Waals surface area contributed by atoms with Crippen LogP contribution >= 0.6 is 0 Å². The van der Waals surface area contributed by atoms with Crippen LogP contribution in [0.25, 0.3) is 0 Å². The number of hydrogen-bond donors (Lipinski definition) is 2. The first-order valence-corrected chi connectivity index (χ1v) is 9.57. The average molecular weight is 299 g/mol. The Morgan fingerprint density at radius 2 is 0.905 bits per heavy atom. The zero-order valence-corrected chi connectivity index (χ0v) is 15.3. The van der Waals surface area contributed by atoms with Crippen molar-refractivity contribution in [3.8, 4) is 0 Å². The number of nitrogens with two attached hydrogens (primary N) is 2. The molecule has 0 heterocycles. The molecular weight excluding hydrogens is 256 g/mol. The molecule has 0 fully saturated rings. The lowest BCUT2D eigenvalue weighted by atomic mass is 9.64. The van der Waals surface area contributed by atoms with Crippen LogP contribution in [0.1, 0.15) is 111 Å². The summed E-state index contributed by atoms with van der Waals surface area (Å²) in [5.74, 6) is 0. The summed E-state index contributed by atoms with van der Waals surface area (Å²) in [6, 6.07) is 0. The molecule has 2 nitrogen and oxygen atoms in total. The minimum absolute atomic E-state index is 0.156. The highest BCUT2D eigenvalue weighted by Gasteiger charge is 2.43. The smallest absolute Gasteiger partial charge is 0.0694 e. The molecule has 128 valence electrons. The highest BCUT2D eigenvalue weighted by molar-refractivity contribution is 4.98. The Bertz CT molecular complexity index is 228. The van der Waals surface area contributed by atoms with Gasteiger partial charge < -0.3 is 11.5 Å². The van der Waals surface area contributed by atoms with Gasteiger partial charge in [-0.15, -0.1) is 0 Å². The molecule has 0 aromatic rings. The number of rotatable bonds is 14. The van der Waals surface area contributed by atoms with Crippen LogP contribution in [0.15, 0.2) is 0 Å². The lowest BCUT2D eigenvalue weighted by Gasteiger charge is -2.47. The molecular formula is C19H42N2. The summed E-state index contributed by atoms with van der Waals surface area (Å²) in [5, 5.41) is 0. The van der Waals surface area contributed by atoms with Crippen molar-refractivity contribution in [3.05, 3.63) is 0 Å². The molecule has 0 aliphatic rings. The quantitative estimate of drug-likeness (QED) is 0.317. The van der Waals surface area contributed by atoms with Gasteiger partial charge in [-0.25, -0.2) is 0 Å². The lowest BCUT2D eigenvalue weighted by molar-refractivity contribution is 0.0658. The molecule has 0 aliphatic carbocycles. The number of hydrogen-bond acceptors (Lipinski definition) is 2. The van der Waals surface area contributed by atoms with Crippen molar-refractivity contribution in [1.29, 1.82) is 0 Å². The summed E-state index contributed by atoms with van der Waals surface area (Å²) in [5.41, 5.74) is 13.1. The van der Waals surface area contributed by atoms with E-state index in [4.69, 9.17) is 11.5 Å². The topological polar surface area (TPSA) is 52.0 Å². The van der Waals surface area contributed by atoms with Gasteiger partial charge in [0.05, 0.1) is 5.66 Å². The standard InChI is InChI=1S/C19H42N2/c1-5-9-13-16-18(14-10-6-2,15-11-7-3)19(20,21)17-12-8-4/h5-17,20-21H2,1-4H3. The Labute approximate surface area is 134 Å². The van der Waals surface area contributed by atoms with Crippen LogP contribution in [-0.4, -0.2) is 5.66 Å². The van der Waals surface area contributed by atoms with E-state index in [-0.39, 0.29) is 5.41 Å². The Morgan fingerprint density at radius 3 is 1.33 bits per heavy atom. The van der Waals surface area contributed by atoms with Gasteiger partial charge in [-0.2, -0.15) is 0 Å². The average Bonchev–Trinajstić information content (AvgIpc) is 2.47. The summed E-state index contributed by atoms with van der Waals surface area (Å²) in [6.45, 7) is 9.05. The Kier molecular flexibility index (Phi) is 11.4. The fourth-order valence-electron chi connectivity index (χ4n) is 3.55. The van der Waals surface area contributed by atoms with Crippen molar-refractivity contribution in [2.75, 3.05) is 0 Å². The predicted molar refractivity (Wildman–Crippen MR) is 96.3 cm³/mol. The molecule has 0 saturated carbocycles. The van der Waals surface area contributed by atoms with Crippen LogP contribution in [0.2, 0.25) is 0 Å². The van der Waals surface area contributed by atoms with E-state index < -0.39 is 5.66 Å². The zero-order chi connectivity index (χ0) is 16.2. The molecule has 0 saturated heterocycles. The van der Waals surface area contributed by atoms with Crippen LogP contribution in [0.5, 0.6) is 0 Å². The first-order valence-electron chi connectivity index (χ1n) is 9.57. The molecule has 0 atom stereocenters. The van der Waals surface area contributed by atoms with Crippen molar-refractivity contribution in [2.45, 2.75) is 117 Å². The molecule has 0 aliphatic heterocycles. The van der Waals surface area contributed by atoms with Crippen molar-refractivity contribution in [3.63, 3.8) is 0 Å². The van der Waals surface area contributed by atoms with E-state index in [2.05, 4.69) is 27.7 Å². The molecule has 0 unspecified atom stereocenters. The van der Waals surface area contributed by atoms with Crippen LogP contribution < -0.4 is 11.5 Å². The highest BCUT2D eigenvalue weighted by atomic mass is 15.0. The van der Waals surface area contributed by atoms with Gasteiger partial charge in [0.1, 0.15) is 0 Å². The maximum absolute atomic E-state index is 6.72. The van der Waals surface area contributed by atoms with Crippen LogP contribution in [0.3, 0.4) is 0 Å². The van der Waals surface area contributed by atoms with E-state index in [1.54, 1.807) is 0 Å². The normalized spacial score (nSPS) is 12.9. The number of unbranched alkanes of at least 4 members (excludes halogenated alkanes) is 5. The van der Waals surface area contributed by atoms with Crippen LogP contribution in [0, 0.1) is 5.41 Å². The van der Waals surface area contributed by atoms with Gasteiger partial charge in [0, 0.05) is 5.41 Å². The molecule has 0 radical (unpaired) electrons. The summed E-state index contributed by atoms with van der Waals surface area (Å²) >= 11 is 0. The zero-order valence-electron chi connectivity index (χ0n) is 15.3. The SMILES string of the molecule is CCCCCC(CCCC)(CCCC)C(N)(N)CCCC. The minimum Gasteiger partial charge on any atom is -0.313 e. The molecule has 4 N–H and O–H groups in total. The third-order valence-corrected chi connectivity index (χ3v) is 5.21. The van der Waals surface area contributed by atoms with E-state index in [1.807, 2.05) is 0 Å². The lowest BCUT2D eigenvalue weighted by Crippen LogP contribution is -2.62. The second-order valence-corrected chi connectivity index (χ2v) is 7.09. The highest BCUT2D eigenvalue weighted by Crippen LogP contribution is 2.44. The fraction of sp³-hybridized carbons (Fsp3) is 1.00. The van der Waals surface area contributed by atoms with Crippen molar-refractivity contribution in [1.82, 2.24) is 0 Å². The summed E-state index contributed by atoms with van der Waals surface area (Å²) in [6.07, 6.45) is 15.8.